The van der Waals surface area contributed by atoms with Gasteiger partial charge in [-0.25, -0.2) is 9.97 Å². The molecule has 4 rings (SSSR count). The van der Waals surface area contributed by atoms with E-state index < -0.39 is 11.3 Å². The van der Waals surface area contributed by atoms with E-state index in [9.17, 15) is 23.3 Å². The first-order chi connectivity index (χ1) is 18.1. The maximum absolute atomic E-state index is 12.3. The Hall–Kier alpha value is -4.49. The number of alkyl halides is 3. The van der Waals surface area contributed by atoms with Gasteiger partial charge in [0.1, 0.15) is 18.2 Å². The molecule has 3 aromatic rings. The minimum atomic E-state index is -4.77. The Morgan fingerprint density at radius 3 is 2.45 bits per heavy atom. The fraction of sp³-hybridized carbons (Fsp3) is 0.333. The number of oxime groups is 1. The fourth-order valence-corrected chi connectivity index (χ4v) is 3.81. The molecule has 1 aliphatic rings. The third-order valence-electron chi connectivity index (χ3n) is 5.75. The molecule has 0 bridgehead atoms. The summed E-state index contributed by atoms with van der Waals surface area (Å²) in [6.45, 7) is 4.39. The molecule has 200 valence electrons. The van der Waals surface area contributed by atoms with E-state index in [4.69, 9.17) is 9.57 Å². The predicted molar refractivity (Wildman–Crippen MR) is 129 cm³/mol. The van der Waals surface area contributed by atoms with Gasteiger partial charge in [-0.15, -0.1) is 13.2 Å². The maximum Gasteiger partial charge on any atom is 0.573 e. The highest BCUT2D eigenvalue weighted by Gasteiger charge is 2.31. The molecule has 0 radical (unpaired) electrons. The highest BCUT2D eigenvalue weighted by atomic mass is 19.4. The predicted octanol–water partition coefficient (Wildman–Crippen LogP) is 4.84. The molecule has 1 saturated heterocycles. The van der Waals surface area contributed by atoms with Crippen LogP contribution in [0.25, 0.3) is 0 Å². The van der Waals surface area contributed by atoms with E-state index in [1.807, 2.05) is 4.90 Å². The van der Waals surface area contributed by atoms with E-state index in [-0.39, 0.29) is 23.4 Å². The summed E-state index contributed by atoms with van der Waals surface area (Å²) in [5.74, 6) is 0.472. The number of anilines is 1. The zero-order valence-corrected chi connectivity index (χ0v) is 20.4. The Labute approximate surface area is 215 Å². The number of benzene rings is 1. The van der Waals surface area contributed by atoms with Gasteiger partial charge < -0.3 is 19.2 Å². The van der Waals surface area contributed by atoms with E-state index >= 15 is 0 Å². The number of halogens is 3. The van der Waals surface area contributed by atoms with Crippen LogP contribution in [0.3, 0.4) is 0 Å². The Morgan fingerprint density at radius 2 is 1.79 bits per heavy atom. The van der Waals surface area contributed by atoms with E-state index in [2.05, 4.69) is 24.8 Å². The summed E-state index contributed by atoms with van der Waals surface area (Å²) < 4.78 is 47.0. The van der Waals surface area contributed by atoms with Gasteiger partial charge in [-0.3, -0.25) is 10.1 Å². The average Bonchev–Trinajstić information content (AvgIpc) is 2.89. The van der Waals surface area contributed by atoms with Crippen LogP contribution >= 0.6 is 0 Å². The van der Waals surface area contributed by atoms with Crippen molar-refractivity contribution >= 4 is 17.2 Å². The maximum atomic E-state index is 12.3. The molecule has 0 aliphatic carbocycles. The van der Waals surface area contributed by atoms with Gasteiger partial charge in [0, 0.05) is 38.2 Å². The van der Waals surface area contributed by atoms with Crippen molar-refractivity contribution in [3.05, 3.63) is 70.2 Å². The molecule has 0 saturated carbocycles. The van der Waals surface area contributed by atoms with Crippen molar-refractivity contribution in [1.82, 2.24) is 15.0 Å². The lowest BCUT2D eigenvalue weighted by Gasteiger charge is -2.32. The first kappa shape index (κ1) is 26.6. The quantitative estimate of drug-likeness (QED) is 0.228. The van der Waals surface area contributed by atoms with E-state index in [0.717, 1.165) is 0 Å². The largest absolute Gasteiger partial charge is 0.573 e. The summed E-state index contributed by atoms with van der Waals surface area (Å²) in [6.07, 6.45) is -0.957. The topological polar surface area (TPSA) is 125 Å². The highest BCUT2D eigenvalue weighted by molar-refractivity contribution is 5.98. The lowest BCUT2D eigenvalue weighted by atomic mass is 10.1. The number of piperidine rings is 1. The summed E-state index contributed by atoms with van der Waals surface area (Å²) in [5, 5.41) is 15.3. The second-order valence-corrected chi connectivity index (χ2v) is 8.36. The SMILES string of the molecule is C/C(=N/Oc1ncnc(OC2CCN(c3ncccc3[N+](=O)[O-])CC2)c1C)c1ccc(OC(F)(F)F)cc1. The Balaban J connectivity index is 1.37. The second kappa shape index (κ2) is 11.3. The minimum absolute atomic E-state index is 0.0401. The Bertz CT molecular complexity index is 1310. The summed E-state index contributed by atoms with van der Waals surface area (Å²) in [7, 11) is 0. The van der Waals surface area contributed by atoms with Crippen molar-refractivity contribution in [3.8, 4) is 17.5 Å². The molecule has 38 heavy (non-hydrogen) atoms. The van der Waals surface area contributed by atoms with Gasteiger partial charge in [-0.2, -0.15) is 4.98 Å². The molecular weight excluding hydrogens is 509 g/mol. The number of nitrogens with zero attached hydrogens (tertiary/aromatic N) is 6. The van der Waals surface area contributed by atoms with Gasteiger partial charge >= 0.3 is 12.0 Å². The normalized spacial score (nSPS) is 14.8. The number of pyridine rings is 1. The number of aromatic nitrogens is 3. The lowest BCUT2D eigenvalue weighted by Crippen LogP contribution is -2.39. The van der Waals surface area contributed by atoms with Crippen molar-refractivity contribution in [1.29, 1.82) is 0 Å². The number of rotatable bonds is 8. The van der Waals surface area contributed by atoms with Crippen molar-refractivity contribution in [2.24, 2.45) is 5.16 Å². The van der Waals surface area contributed by atoms with Gasteiger partial charge in [0.05, 0.1) is 16.2 Å². The molecule has 14 heteroatoms. The van der Waals surface area contributed by atoms with Crippen LogP contribution in [0.4, 0.5) is 24.7 Å². The zero-order valence-electron chi connectivity index (χ0n) is 20.4. The van der Waals surface area contributed by atoms with Crippen LogP contribution in [-0.2, 0) is 0 Å². The summed E-state index contributed by atoms with van der Waals surface area (Å²) in [6, 6.07) is 8.18. The second-order valence-electron chi connectivity index (χ2n) is 8.36. The van der Waals surface area contributed by atoms with Gasteiger partial charge in [-0.05, 0) is 49.7 Å². The first-order valence-electron chi connectivity index (χ1n) is 11.5. The van der Waals surface area contributed by atoms with Crippen LogP contribution in [0.1, 0.15) is 30.9 Å². The molecule has 0 atom stereocenters. The van der Waals surface area contributed by atoms with Crippen LogP contribution < -0.4 is 19.2 Å². The van der Waals surface area contributed by atoms with Crippen molar-refractivity contribution < 1.29 is 32.4 Å². The van der Waals surface area contributed by atoms with Crippen molar-refractivity contribution in [3.63, 3.8) is 0 Å². The van der Waals surface area contributed by atoms with Crippen molar-refractivity contribution in [2.75, 3.05) is 18.0 Å². The molecule has 1 aromatic carbocycles. The number of ether oxygens (including phenoxy) is 2. The third-order valence-corrected chi connectivity index (χ3v) is 5.75. The third kappa shape index (κ3) is 6.63. The van der Waals surface area contributed by atoms with Gasteiger partial charge in [0.15, 0.2) is 0 Å². The Kier molecular flexibility index (Phi) is 7.88. The van der Waals surface area contributed by atoms with Crippen LogP contribution in [-0.4, -0.2) is 51.1 Å². The van der Waals surface area contributed by atoms with Gasteiger partial charge in [0.2, 0.25) is 11.7 Å². The Morgan fingerprint density at radius 1 is 1.11 bits per heavy atom. The average molecular weight is 532 g/mol. The standard InChI is InChI=1S/C24H23F3N6O5/c1-15-22(36-18-9-12-32(13-10-18)21-20(33(34)35)4-3-11-28-21)29-14-30-23(15)38-31-16(2)17-5-7-19(8-6-17)37-24(25,26)27/h3-8,11,14,18H,9-10,12-13H2,1-2H3/b31-16-. The van der Waals surface area contributed by atoms with Crippen LogP contribution in [0.15, 0.2) is 54.1 Å². The fourth-order valence-electron chi connectivity index (χ4n) is 3.81. The van der Waals surface area contributed by atoms with Crippen LogP contribution in [0.2, 0.25) is 0 Å². The molecule has 0 spiro atoms. The smallest absolute Gasteiger partial charge is 0.474 e. The molecule has 0 N–H and O–H groups in total. The van der Waals surface area contributed by atoms with Gasteiger partial charge in [0.25, 0.3) is 5.88 Å². The molecule has 3 heterocycles. The van der Waals surface area contributed by atoms with E-state index in [0.29, 0.717) is 54.5 Å². The molecule has 11 nitrogen and oxygen atoms in total. The first-order valence-corrected chi connectivity index (χ1v) is 11.5. The monoisotopic (exact) mass is 532 g/mol. The number of hydrogen-bond donors (Lipinski definition) is 0. The summed E-state index contributed by atoms with van der Waals surface area (Å²) in [4.78, 5) is 30.6. The van der Waals surface area contributed by atoms with Gasteiger partial charge in [-0.1, -0.05) is 5.16 Å². The molecule has 1 aliphatic heterocycles. The summed E-state index contributed by atoms with van der Waals surface area (Å²) in [5.41, 5.74) is 1.41. The van der Waals surface area contributed by atoms with E-state index in [1.54, 1.807) is 13.8 Å². The highest BCUT2D eigenvalue weighted by Crippen LogP contribution is 2.30. The van der Waals surface area contributed by atoms with Crippen molar-refractivity contribution in [2.45, 2.75) is 39.2 Å². The summed E-state index contributed by atoms with van der Waals surface area (Å²) >= 11 is 0. The zero-order chi connectivity index (χ0) is 27.3. The van der Waals surface area contributed by atoms with Crippen LogP contribution in [0, 0.1) is 17.0 Å². The molecular formula is C24H23F3N6O5. The number of hydrogen-bond acceptors (Lipinski definition) is 10. The molecule has 1 fully saturated rings. The molecule has 2 aromatic heterocycles. The lowest BCUT2D eigenvalue weighted by molar-refractivity contribution is -0.384. The molecule has 0 unspecified atom stereocenters. The van der Waals surface area contributed by atoms with Crippen LogP contribution in [0.5, 0.6) is 17.5 Å². The molecule has 0 amide bonds. The van der Waals surface area contributed by atoms with E-state index in [1.165, 1.54) is 48.9 Å². The minimum Gasteiger partial charge on any atom is -0.474 e. The number of nitro groups is 1.